The van der Waals surface area contributed by atoms with E-state index in [9.17, 15) is 9.18 Å². The van der Waals surface area contributed by atoms with Crippen molar-refractivity contribution in [2.24, 2.45) is 7.05 Å². The number of methoxy groups -OCH3 is 1. The van der Waals surface area contributed by atoms with E-state index in [0.29, 0.717) is 16.3 Å². The molecule has 0 unspecified atom stereocenters. The van der Waals surface area contributed by atoms with Gasteiger partial charge in [-0.05, 0) is 48.5 Å². The predicted molar refractivity (Wildman–Crippen MR) is 105 cm³/mol. The zero-order chi connectivity index (χ0) is 19.0. The van der Waals surface area contributed by atoms with Gasteiger partial charge in [-0.25, -0.2) is 9.37 Å². The van der Waals surface area contributed by atoms with Gasteiger partial charge in [-0.1, -0.05) is 0 Å². The van der Waals surface area contributed by atoms with Gasteiger partial charge in [0.25, 0.3) is 5.91 Å². The van der Waals surface area contributed by atoms with Gasteiger partial charge in [0, 0.05) is 23.4 Å². The first-order valence-corrected chi connectivity index (χ1v) is 9.09. The molecule has 27 heavy (non-hydrogen) atoms. The third-order valence-electron chi connectivity index (χ3n) is 4.35. The number of hydrogen-bond acceptors (Lipinski definition) is 4. The molecule has 4 aromatic rings. The molecule has 7 heteroatoms. The van der Waals surface area contributed by atoms with Crippen LogP contribution in [0.3, 0.4) is 0 Å². The lowest BCUT2D eigenvalue weighted by atomic mass is 10.2. The number of rotatable bonds is 4. The third-order valence-corrected chi connectivity index (χ3v) is 5.11. The normalized spacial score (nSPS) is 10.9. The minimum absolute atomic E-state index is 0.287. The first-order chi connectivity index (χ1) is 13.0. The molecule has 0 radical (unpaired) electrons. The molecule has 2 aromatic heterocycles. The minimum atomic E-state index is -0.334. The fraction of sp³-hybridized carbons (Fsp3) is 0.100. The first-order valence-electron chi connectivity index (χ1n) is 8.21. The summed E-state index contributed by atoms with van der Waals surface area (Å²) in [5.74, 6) is 0.152. The summed E-state index contributed by atoms with van der Waals surface area (Å²) in [4.78, 5) is 17.1. The number of nitrogens with zero attached hydrogens (tertiary/aromatic N) is 2. The Morgan fingerprint density at radius 1 is 1.19 bits per heavy atom. The number of fused-ring (bicyclic) bond motifs is 1. The van der Waals surface area contributed by atoms with Crippen molar-refractivity contribution in [1.29, 1.82) is 0 Å². The summed E-state index contributed by atoms with van der Waals surface area (Å²) < 4.78 is 20.3. The topological polar surface area (TPSA) is 56.1 Å². The van der Waals surface area contributed by atoms with Crippen molar-refractivity contribution in [3.05, 3.63) is 65.4 Å². The number of aryl methyl sites for hydroxylation is 1. The molecule has 2 heterocycles. The van der Waals surface area contributed by atoms with Crippen LogP contribution in [0.25, 0.3) is 22.2 Å². The van der Waals surface area contributed by atoms with Crippen LogP contribution in [0.5, 0.6) is 5.75 Å². The van der Waals surface area contributed by atoms with E-state index in [1.54, 1.807) is 30.9 Å². The Balaban J connectivity index is 1.57. The molecule has 2 aromatic carbocycles. The molecule has 4 rings (SSSR count). The van der Waals surface area contributed by atoms with Crippen LogP contribution < -0.4 is 10.1 Å². The molecule has 136 valence electrons. The first kappa shape index (κ1) is 17.2. The van der Waals surface area contributed by atoms with Gasteiger partial charge in [0.15, 0.2) is 5.13 Å². The molecule has 0 atom stereocenters. The van der Waals surface area contributed by atoms with Gasteiger partial charge in [0.05, 0.1) is 18.3 Å². The van der Waals surface area contributed by atoms with Crippen LogP contribution in [0.1, 0.15) is 10.5 Å². The van der Waals surface area contributed by atoms with Crippen molar-refractivity contribution in [2.75, 3.05) is 12.4 Å². The van der Waals surface area contributed by atoms with Crippen molar-refractivity contribution in [3.63, 3.8) is 0 Å². The standard InChI is InChI=1S/C20H16FN3O2S/c1-24-17-10-14(21)6-3-13(17)9-18(24)19(25)23-20-22-16(11-27-20)12-4-7-15(26-2)8-5-12/h3-11H,1-2H3,(H,22,23,25). The summed E-state index contributed by atoms with van der Waals surface area (Å²) in [6, 6.07) is 13.7. The summed E-state index contributed by atoms with van der Waals surface area (Å²) in [5.41, 5.74) is 2.82. The lowest BCUT2D eigenvalue weighted by molar-refractivity contribution is 0.101. The highest BCUT2D eigenvalue weighted by atomic mass is 32.1. The second-order valence-electron chi connectivity index (χ2n) is 6.01. The highest BCUT2D eigenvalue weighted by Gasteiger charge is 2.16. The molecule has 1 amide bonds. The summed E-state index contributed by atoms with van der Waals surface area (Å²) in [5, 5.41) is 6.01. The molecular formula is C20H16FN3O2S. The highest BCUT2D eigenvalue weighted by Crippen LogP contribution is 2.27. The number of hydrogen-bond donors (Lipinski definition) is 1. The quantitative estimate of drug-likeness (QED) is 0.557. The smallest absolute Gasteiger partial charge is 0.274 e. The Hall–Kier alpha value is -3.19. The van der Waals surface area contributed by atoms with Crippen molar-refractivity contribution in [1.82, 2.24) is 9.55 Å². The lowest BCUT2D eigenvalue weighted by Gasteiger charge is -2.04. The average molecular weight is 381 g/mol. The second kappa shape index (κ2) is 6.85. The van der Waals surface area contributed by atoms with E-state index in [0.717, 1.165) is 22.4 Å². The lowest BCUT2D eigenvalue weighted by Crippen LogP contribution is -2.15. The van der Waals surface area contributed by atoms with E-state index in [4.69, 9.17) is 4.74 Å². The Bertz CT molecular complexity index is 1130. The molecule has 0 aliphatic rings. The van der Waals surface area contributed by atoms with Crippen molar-refractivity contribution in [3.8, 4) is 17.0 Å². The van der Waals surface area contributed by atoms with Gasteiger partial charge in [-0.2, -0.15) is 0 Å². The van der Waals surface area contributed by atoms with Crippen LogP contribution in [0.4, 0.5) is 9.52 Å². The number of amides is 1. The van der Waals surface area contributed by atoms with Gasteiger partial charge in [0.1, 0.15) is 17.3 Å². The molecule has 0 aliphatic heterocycles. The minimum Gasteiger partial charge on any atom is -0.497 e. The Morgan fingerprint density at radius 2 is 1.96 bits per heavy atom. The number of nitrogens with one attached hydrogen (secondary N) is 1. The van der Waals surface area contributed by atoms with Crippen molar-refractivity contribution in [2.45, 2.75) is 0 Å². The molecule has 0 spiro atoms. The van der Waals surface area contributed by atoms with Crippen LogP contribution in [0.2, 0.25) is 0 Å². The molecule has 1 N–H and O–H groups in total. The van der Waals surface area contributed by atoms with Crippen LogP contribution in [-0.4, -0.2) is 22.6 Å². The Labute approximate surface area is 159 Å². The summed E-state index contributed by atoms with van der Waals surface area (Å²) in [6.45, 7) is 0. The maximum Gasteiger partial charge on any atom is 0.274 e. The second-order valence-corrected chi connectivity index (χ2v) is 6.87. The van der Waals surface area contributed by atoms with E-state index in [-0.39, 0.29) is 11.7 Å². The van der Waals surface area contributed by atoms with Gasteiger partial charge in [-0.3, -0.25) is 10.1 Å². The summed E-state index contributed by atoms with van der Waals surface area (Å²) >= 11 is 1.35. The molecule has 0 saturated carbocycles. The molecule has 0 aliphatic carbocycles. The van der Waals surface area contributed by atoms with E-state index >= 15 is 0 Å². The molecule has 0 fully saturated rings. The van der Waals surface area contributed by atoms with E-state index in [1.807, 2.05) is 29.6 Å². The number of aromatic nitrogens is 2. The molecule has 0 saturated heterocycles. The van der Waals surface area contributed by atoms with E-state index < -0.39 is 0 Å². The highest BCUT2D eigenvalue weighted by molar-refractivity contribution is 7.14. The Kier molecular flexibility index (Phi) is 4.37. The van der Waals surface area contributed by atoms with Gasteiger partial charge in [0.2, 0.25) is 0 Å². The van der Waals surface area contributed by atoms with Crippen LogP contribution in [-0.2, 0) is 7.05 Å². The van der Waals surface area contributed by atoms with Crippen LogP contribution in [0, 0.1) is 5.82 Å². The number of ether oxygens (including phenoxy) is 1. The molecular weight excluding hydrogens is 365 g/mol. The SMILES string of the molecule is COc1ccc(-c2csc(NC(=O)c3cc4ccc(F)cc4n3C)n2)cc1. The van der Waals surface area contributed by atoms with Gasteiger partial charge >= 0.3 is 0 Å². The molecule has 0 bridgehead atoms. The average Bonchev–Trinajstić information content (AvgIpc) is 3.27. The van der Waals surface area contributed by atoms with E-state index in [2.05, 4.69) is 10.3 Å². The largest absolute Gasteiger partial charge is 0.497 e. The summed E-state index contributed by atoms with van der Waals surface area (Å²) in [7, 11) is 3.36. The van der Waals surface area contributed by atoms with Crippen LogP contribution in [0.15, 0.2) is 53.9 Å². The third kappa shape index (κ3) is 3.29. The fourth-order valence-electron chi connectivity index (χ4n) is 2.91. The number of carbonyl (C=O) groups excluding carboxylic acids is 1. The fourth-order valence-corrected chi connectivity index (χ4v) is 3.62. The zero-order valence-corrected chi connectivity index (χ0v) is 15.5. The number of carbonyl (C=O) groups is 1. The van der Waals surface area contributed by atoms with Crippen molar-refractivity contribution < 1.29 is 13.9 Å². The number of halogens is 1. The van der Waals surface area contributed by atoms with Gasteiger partial charge < -0.3 is 9.30 Å². The van der Waals surface area contributed by atoms with E-state index in [1.165, 1.54) is 23.5 Å². The van der Waals surface area contributed by atoms with Gasteiger partial charge in [-0.15, -0.1) is 11.3 Å². The number of thiazole rings is 1. The maximum atomic E-state index is 13.5. The number of anilines is 1. The van der Waals surface area contributed by atoms with Crippen molar-refractivity contribution >= 4 is 33.3 Å². The monoisotopic (exact) mass is 381 g/mol. The van der Waals surface area contributed by atoms with Crippen LogP contribution >= 0.6 is 11.3 Å². The molecule has 5 nitrogen and oxygen atoms in total. The summed E-state index contributed by atoms with van der Waals surface area (Å²) in [6.07, 6.45) is 0. The zero-order valence-electron chi connectivity index (χ0n) is 14.7. The number of benzene rings is 2. The Morgan fingerprint density at radius 3 is 2.70 bits per heavy atom. The maximum absolute atomic E-state index is 13.5. The predicted octanol–water partition coefficient (Wildman–Crippen LogP) is 4.70.